The van der Waals surface area contributed by atoms with Crippen molar-refractivity contribution in [1.82, 2.24) is 4.41 Å². The molecule has 0 saturated heterocycles. The third kappa shape index (κ3) is 5.62. The maximum Gasteiger partial charge on any atom is 0.280 e. The van der Waals surface area contributed by atoms with Gasteiger partial charge in [0.2, 0.25) is 0 Å². The predicted molar refractivity (Wildman–Crippen MR) is 126 cm³/mol. The highest BCUT2D eigenvalue weighted by Gasteiger charge is 2.29. The monoisotopic (exact) mass is 430 g/mol. The zero-order valence-corrected chi connectivity index (χ0v) is 18.8. The number of sulfonamides is 1. The molecule has 0 aliphatic rings. The molecule has 3 aromatic carbocycles. The topological polar surface area (TPSA) is 49.7 Å². The van der Waals surface area contributed by atoms with Gasteiger partial charge in [-0.15, -0.1) is 0 Å². The minimum Gasteiger partial charge on any atom is -0.200 e. The molecular weight excluding hydrogens is 404 g/mol. The highest BCUT2D eigenvalue weighted by molar-refractivity contribution is 7.89. The van der Waals surface area contributed by atoms with Crippen molar-refractivity contribution in [3.05, 3.63) is 102 Å². The van der Waals surface area contributed by atoms with E-state index < -0.39 is 16.1 Å². The van der Waals surface area contributed by atoms with Crippen LogP contribution in [0.1, 0.15) is 37.0 Å². The number of hydrogen-bond acceptors (Lipinski definition) is 3. The summed E-state index contributed by atoms with van der Waals surface area (Å²) < 4.78 is 28.3. The molecular formula is C26H26N2O2S. The van der Waals surface area contributed by atoms with E-state index in [9.17, 15) is 8.42 Å². The summed E-state index contributed by atoms with van der Waals surface area (Å²) in [4.78, 5) is 0.197. The second kappa shape index (κ2) is 10.1. The summed E-state index contributed by atoms with van der Waals surface area (Å²) >= 11 is 0. The van der Waals surface area contributed by atoms with E-state index in [1.54, 1.807) is 24.3 Å². The van der Waals surface area contributed by atoms with Crippen molar-refractivity contribution >= 4 is 15.7 Å². The quantitative estimate of drug-likeness (QED) is 0.305. The Morgan fingerprint density at radius 3 is 2.10 bits per heavy atom. The van der Waals surface area contributed by atoms with Gasteiger partial charge >= 0.3 is 0 Å². The zero-order valence-electron chi connectivity index (χ0n) is 18.0. The average molecular weight is 431 g/mol. The molecule has 0 aliphatic carbocycles. The van der Waals surface area contributed by atoms with Crippen LogP contribution in [0.25, 0.3) is 0 Å². The lowest BCUT2D eigenvalue weighted by atomic mass is 10.1. The molecule has 0 amide bonds. The second-order valence-corrected chi connectivity index (χ2v) is 9.00. The van der Waals surface area contributed by atoms with E-state index in [1.807, 2.05) is 81.4 Å². The van der Waals surface area contributed by atoms with Gasteiger partial charge in [-0.3, -0.25) is 0 Å². The van der Waals surface area contributed by atoms with E-state index >= 15 is 0 Å². The molecule has 0 saturated carbocycles. The van der Waals surface area contributed by atoms with Crippen molar-refractivity contribution in [2.45, 2.75) is 38.1 Å². The Labute approximate surface area is 185 Å². The Balaban J connectivity index is 2.09. The number of nitrogens with zero attached hydrogens (tertiary/aromatic N) is 2. The molecule has 0 spiro atoms. The van der Waals surface area contributed by atoms with E-state index in [0.717, 1.165) is 21.1 Å². The third-order valence-electron chi connectivity index (χ3n) is 4.82. The smallest absolute Gasteiger partial charge is 0.200 e. The first kappa shape index (κ1) is 22.3. The van der Waals surface area contributed by atoms with E-state index in [4.69, 9.17) is 0 Å². The first-order valence-electron chi connectivity index (χ1n) is 10.2. The molecule has 0 fully saturated rings. The largest absolute Gasteiger partial charge is 0.280 e. The van der Waals surface area contributed by atoms with E-state index in [1.165, 1.54) is 0 Å². The molecule has 31 heavy (non-hydrogen) atoms. The first-order chi connectivity index (χ1) is 14.9. The Morgan fingerprint density at radius 2 is 1.52 bits per heavy atom. The second-order valence-electron chi connectivity index (χ2n) is 7.20. The van der Waals surface area contributed by atoms with Crippen molar-refractivity contribution in [3.8, 4) is 11.8 Å². The molecule has 4 nitrogen and oxygen atoms in total. The molecule has 0 aromatic heterocycles. The van der Waals surface area contributed by atoms with E-state index in [2.05, 4.69) is 16.9 Å². The Kier molecular flexibility index (Phi) is 7.28. The van der Waals surface area contributed by atoms with Gasteiger partial charge in [0.1, 0.15) is 6.04 Å². The van der Waals surface area contributed by atoms with Crippen molar-refractivity contribution < 1.29 is 8.42 Å². The van der Waals surface area contributed by atoms with Gasteiger partial charge in [-0.1, -0.05) is 85.0 Å². The molecule has 0 radical (unpaired) electrons. The zero-order chi connectivity index (χ0) is 22.3. The number of hydrogen-bond donors (Lipinski definition) is 0. The van der Waals surface area contributed by atoms with Crippen LogP contribution in [0, 0.1) is 18.8 Å². The molecule has 1 unspecified atom stereocenters. The van der Waals surface area contributed by atoms with Gasteiger partial charge in [0.25, 0.3) is 10.0 Å². The van der Waals surface area contributed by atoms with E-state index in [0.29, 0.717) is 12.1 Å². The molecule has 0 N–H and O–H groups in total. The summed E-state index contributed by atoms with van der Waals surface area (Å²) in [7, 11) is -3.89. The highest BCUT2D eigenvalue weighted by atomic mass is 32.2. The minimum absolute atomic E-state index is 0.197. The molecule has 3 aromatic rings. The van der Waals surface area contributed by atoms with Crippen LogP contribution < -0.4 is 0 Å². The lowest BCUT2D eigenvalue weighted by molar-refractivity contribution is 0.378. The average Bonchev–Trinajstić information content (AvgIpc) is 2.80. The standard InChI is InChI=1S/C26H26N2O2S/c1-4-25(18-17-23-11-7-5-8-12-23)28(27-22(3)24-13-9-6-10-14-24)31(29,30)26-19-15-21(2)16-20-26/h5-16,19-20,25H,4H2,1-3H3/b27-22+. The molecule has 5 heteroatoms. The van der Waals surface area contributed by atoms with Crippen LogP contribution >= 0.6 is 0 Å². The fourth-order valence-electron chi connectivity index (χ4n) is 3.00. The van der Waals surface area contributed by atoms with Crippen LogP contribution in [0.5, 0.6) is 0 Å². The van der Waals surface area contributed by atoms with Gasteiger partial charge in [0, 0.05) is 5.56 Å². The van der Waals surface area contributed by atoms with Crippen molar-refractivity contribution in [3.63, 3.8) is 0 Å². The Bertz CT molecular complexity index is 1190. The molecule has 3 rings (SSSR count). The van der Waals surface area contributed by atoms with Crippen LogP contribution in [0.15, 0.2) is 94.9 Å². The van der Waals surface area contributed by atoms with Crippen LogP contribution in [0.4, 0.5) is 0 Å². The van der Waals surface area contributed by atoms with Gasteiger partial charge in [0.05, 0.1) is 10.6 Å². The fourth-order valence-corrected chi connectivity index (χ4v) is 4.46. The number of aryl methyl sites for hydroxylation is 1. The maximum absolute atomic E-state index is 13.6. The Morgan fingerprint density at radius 1 is 0.935 bits per heavy atom. The number of benzene rings is 3. The summed E-state index contributed by atoms with van der Waals surface area (Å²) in [6.07, 6.45) is 0.497. The van der Waals surface area contributed by atoms with Gasteiger partial charge < -0.3 is 0 Å². The van der Waals surface area contributed by atoms with Crippen LogP contribution in [0.3, 0.4) is 0 Å². The third-order valence-corrected chi connectivity index (χ3v) is 6.51. The summed E-state index contributed by atoms with van der Waals surface area (Å²) in [6.45, 7) is 5.64. The Hall–Kier alpha value is -3.36. The van der Waals surface area contributed by atoms with Crippen LogP contribution in [-0.2, 0) is 10.0 Å². The van der Waals surface area contributed by atoms with Gasteiger partial charge in [0.15, 0.2) is 0 Å². The summed E-state index contributed by atoms with van der Waals surface area (Å²) in [5.74, 6) is 6.22. The molecule has 1 atom stereocenters. The molecule has 0 heterocycles. The lowest BCUT2D eigenvalue weighted by Gasteiger charge is -2.25. The summed E-state index contributed by atoms with van der Waals surface area (Å²) in [5, 5.41) is 4.56. The predicted octanol–water partition coefficient (Wildman–Crippen LogP) is 5.24. The summed E-state index contributed by atoms with van der Waals surface area (Å²) in [6, 6.07) is 25.3. The maximum atomic E-state index is 13.6. The molecule has 158 valence electrons. The first-order valence-corrected chi connectivity index (χ1v) is 11.6. The lowest BCUT2D eigenvalue weighted by Crippen LogP contribution is -2.36. The molecule has 0 aliphatic heterocycles. The normalized spacial score (nSPS) is 12.5. The highest BCUT2D eigenvalue weighted by Crippen LogP contribution is 2.22. The number of rotatable bonds is 6. The fraction of sp³-hybridized carbons (Fsp3) is 0.192. The van der Waals surface area contributed by atoms with Crippen molar-refractivity contribution in [2.24, 2.45) is 5.10 Å². The summed E-state index contributed by atoms with van der Waals surface area (Å²) in [5.41, 5.74) is 3.29. The van der Waals surface area contributed by atoms with E-state index in [-0.39, 0.29) is 4.90 Å². The van der Waals surface area contributed by atoms with Gasteiger partial charge in [-0.2, -0.15) is 17.9 Å². The van der Waals surface area contributed by atoms with Crippen LogP contribution in [-0.4, -0.2) is 24.6 Å². The SMILES string of the molecule is CCC(C#Cc1ccccc1)N(/N=C(\C)c1ccccc1)S(=O)(=O)c1ccc(C)cc1. The minimum atomic E-state index is -3.89. The molecule has 0 bridgehead atoms. The van der Waals surface area contributed by atoms with Crippen LogP contribution in [0.2, 0.25) is 0 Å². The van der Waals surface area contributed by atoms with Gasteiger partial charge in [-0.25, -0.2) is 0 Å². The number of hydrazone groups is 1. The van der Waals surface area contributed by atoms with Crippen molar-refractivity contribution in [2.75, 3.05) is 0 Å². The van der Waals surface area contributed by atoms with Crippen molar-refractivity contribution in [1.29, 1.82) is 0 Å². The van der Waals surface area contributed by atoms with Gasteiger partial charge in [-0.05, 0) is 50.1 Å².